The number of nitrogens with zero attached hydrogens (tertiary/aromatic N) is 1. The predicted octanol–water partition coefficient (Wildman–Crippen LogP) is 4.09. The molecule has 19 heavy (non-hydrogen) atoms. The van der Waals surface area contributed by atoms with Gasteiger partial charge < -0.3 is 5.11 Å². The molecule has 1 aromatic carbocycles. The SMILES string of the molecule is CC1(C)CCCC1C(O)c1ccc2ncccc2c1. The quantitative estimate of drug-likeness (QED) is 0.876. The summed E-state index contributed by atoms with van der Waals surface area (Å²) in [6.07, 6.45) is 5.01. The lowest BCUT2D eigenvalue weighted by Crippen LogP contribution is -2.24. The Bertz CT molecular complexity index is 591. The fourth-order valence-electron chi connectivity index (χ4n) is 3.45. The van der Waals surface area contributed by atoms with Crippen molar-refractivity contribution >= 4 is 10.9 Å². The Hall–Kier alpha value is -1.41. The number of aromatic nitrogens is 1. The maximum Gasteiger partial charge on any atom is 0.0823 e. The number of pyridine rings is 1. The molecule has 2 atom stereocenters. The zero-order valence-electron chi connectivity index (χ0n) is 11.6. The van der Waals surface area contributed by atoms with Gasteiger partial charge in [-0.3, -0.25) is 4.98 Å². The van der Waals surface area contributed by atoms with E-state index in [2.05, 4.69) is 31.0 Å². The van der Waals surface area contributed by atoms with Crippen molar-refractivity contribution < 1.29 is 5.11 Å². The lowest BCUT2D eigenvalue weighted by Gasteiger charge is -2.31. The fraction of sp³-hybridized carbons (Fsp3) is 0.471. The number of aliphatic hydroxyl groups is 1. The van der Waals surface area contributed by atoms with Crippen LogP contribution in [0.2, 0.25) is 0 Å². The Balaban J connectivity index is 1.95. The zero-order chi connectivity index (χ0) is 13.5. The molecule has 0 bridgehead atoms. The van der Waals surface area contributed by atoms with E-state index in [1.54, 1.807) is 6.20 Å². The highest BCUT2D eigenvalue weighted by Gasteiger charge is 2.39. The third-order valence-electron chi connectivity index (χ3n) is 4.69. The molecular formula is C17H21NO. The summed E-state index contributed by atoms with van der Waals surface area (Å²) in [6, 6.07) is 10.1. The van der Waals surface area contributed by atoms with E-state index in [0.29, 0.717) is 5.92 Å². The van der Waals surface area contributed by atoms with E-state index in [9.17, 15) is 5.11 Å². The van der Waals surface area contributed by atoms with Crippen molar-refractivity contribution in [1.29, 1.82) is 0 Å². The van der Waals surface area contributed by atoms with Crippen molar-refractivity contribution in [1.82, 2.24) is 4.98 Å². The maximum absolute atomic E-state index is 10.7. The van der Waals surface area contributed by atoms with Crippen LogP contribution in [0, 0.1) is 11.3 Å². The molecule has 1 aliphatic rings. The summed E-state index contributed by atoms with van der Waals surface area (Å²) in [7, 11) is 0. The molecule has 2 unspecified atom stereocenters. The van der Waals surface area contributed by atoms with Crippen LogP contribution in [0.25, 0.3) is 10.9 Å². The molecule has 1 heterocycles. The van der Waals surface area contributed by atoms with Gasteiger partial charge in [0.05, 0.1) is 11.6 Å². The van der Waals surface area contributed by atoms with Crippen molar-refractivity contribution in [2.45, 2.75) is 39.2 Å². The minimum atomic E-state index is -0.359. The van der Waals surface area contributed by atoms with E-state index in [4.69, 9.17) is 0 Å². The largest absolute Gasteiger partial charge is 0.388 e. The molecule has 0 amide bonds. The van der Waals surface area contributed by atoms with Gasteiger partial charge in [-0.2, -0.15) is 0 Å². The lowest BCUT2D eigenvalue weighted by atomic mass is 9.76. The van der Waals surface area contributed by atoms with Gasteiger partial charge in [-0.25, -0.2) is 0 Å². The van der Waals surface area contributed by atoms with E-state index in [1.807, 2.05) is 18.2 Å². The second-order valence-electron chi connectivity index (χ2n) is 6.39. The highest BCUT2D eigenvalue weighted by Crippen LogP contribution is 2.48. The third-order valence-corrected chi connectivity index (χ3v) is 4.69. The summed E-state index contributed by atoms with van der Waals surface area (Å²) in [5.74, 6) is 0.363. The Morgan fingerprint density at radius 3 is 2.89 bits per heavy atom. The normalized spacial score (nSPS) is 23.6. The van der Waals surface area contributed by atoms with E-state index in [0.717, 1.165) is 22.9 Å². The molecule has 0 saturated heterocycles. The smallest absolute Gasteiger partial charge is 0.0823 e. The second-order valence-corrected chi connectivity index (χ2v) is 6.39. The van der Waals surface area contributed by atoms with Crippen molar-refractivity contribution in [3.63, 3.8) is 0 Å². The molecule has 0 radical (unpaired) electrons. The first-order valence-corrected chi connectivity index (χ1v) is 7.11. The molecule has 0 spiro atoms. The summed E-state index contributed by atoms with van der Waals surface area (Å²) < 4.78 is 0. The summed E-state index contributed by atoms with van der Waals surface area (Å²) in [5.41, 5.74) is 2.26. The van der Waals surface area contributed by atoms with E-state index >= 15 is 0 Å². The zero-order valence-corrected chi connectivity index (χ0v) is 11.6. The average molecular weight is 255 g/mol. The molecule has 1 aromatic heterocycles. The Labute approximate surface area is 114 Å². The van der Waals surface area contributed by atoms with Gasteiger partial charge in [0, 0.05) is 11.6 Å². The van der Waals surface area contributed by atoms with Crippen LogP contribution in [0.15, 0.2) is 36.5 Å². The van der Waals surface area contributed by atoms with Crippen LogP contribution >= 0.6 is 0 Å². The minimum Gasteiger partial charge on any atom is -0.388 e. The molecule has 2 aromatic rings. The Kier molecular flexibility index (Phi) is 3.06. The lowest BCUT2D eigenvalue weighted by molar-refractivity contribution is 0.0532. The molecule has 2 heteroatoms. The van der Waals surface area contributed by atoms with Gasteiger partial charge >= 0.3 is 0 Å². The number of benzene rings is 1. The van der Waals surface area contributed by atoms with Gasteiger partial charge in [0.1, 0.15) is 0 Å². The molecule has 0 aliphatic heterocycles. The van der Waals surface area contributed by atoms with Crippen LogP contribution in [-0.4, -0.2) is 10.1 Å². The summed E-state index contributed by atoms with van der Waals surface area (Å²) >= 11 is 0. The van der Waals surface area contributed by atoms with E-state index in [-0.39, 0.29) is 11.5 Å². The van der Waals surface area contributed by atoms with E-state index in [1.165, 1.54) is 12.8 Å². The van der Waals surface area contributed by atoms with Gasteiger partial charge in [-0.05, 0) is 47.9 Å². The van der Waals surface area contributed by atoms with Crippen LogP contribution < -0.4 is 0 Å². The standard InChI is InChI=1S/C17H21NO/c1-17(2)9-3-6-14(17)16(19)13-7-8-15-12(11-13)5-4-10-18-15/h4-5,7-8,10-11,14,16,19H,3,6,9H2,1-2H3. The Morgan fingerprint density at radius 2 is 2.16 bits per heavy atom. The third kappa shape index (κ3) is 2.25. The molecule has 1 saturated carbocycles. The molecule has 100 valence electrons. The summed E-state index contributed by atoms with van der Waals surface area (Å²) in [4.78, 5) is 4.33. The number of hydrogen-bond donors (Lipinski definition) is 1. The van der Waals surface area contributed by atoms with Gasteiger partial charge in [0.2, 0.25) is 0 Å². The van der Waals surface area contributed by atoms with Crippen molar-refractivity contribution in [3.05, 3.63) is 42.1 Å². The second kappa shape index (κ2) is 4.61. The van der Waals surface area contributed by atoms with Gasteiger partial charge in [0.15, 0.2) is 0 Å². The molecule has 2 nitrogen and oxygen atoms in total. The number of hydrogen-bond acceptors (Lipinski definition) is 2. The highest BCUT2D eigenvalue weighted by atomic mass is 16.3. The van der Waals surface area contributed by atoms with Crippen LogP contribution in [0.5, 0.6) is 0 Å². The fourth-order valence-corrected chi connectivity index (χ4v) is 3.45. The first-order chi connectivity index (χ1) is 9.08. The summed E-state index contributed by atoms with van der Waals surface area (Å²) in [6.45, 7) is 4.55. The predicted molar refractivity (Wildman–Crippen MR) is 77.8 cm³/mol. The Morgan fingerprint density at radius 1 is 1.32 bits per heavy atom. The minimum absolute atomic E-state index is 0.239. The highest BCUT2D eigenvalue weighted by molar-refractivity contribution is 5.79. The number of aliphatic hydroxyl groups excluding tert-OH is 1. The van der Waals surface area contributed by atoms with E-state index < -0.39 is 0 Å². The van der Waals surface area contributed by atoms with Gasteiger partial charge in [-0.15, -0.1) is 0 Å². The molecule has 1 aliphatic carbocycles. The molecule has 1 N–H and O–H groups in total. The first kappa shape index (κ1) is 12.6. The first-order valence-electron chi connectivity index (χ1n) is 7.11. The average Bonchev–Trinajstić information content (AvgIpc) is 2.77. The topological polar surface area (TPSA) is 33.1 Å². The van der Waals surface area contributed by atoms with Crippen molar-refractivity contribution in [2.24, 2.45) is 11.3 Å². The number of fused-ring (bicyclic) bond motifs is 1. The van der Waals surface area contributed by atoms with Crippen LogP contribution in [-0.2, 0) is 0 Å². The summed E-state index contributed by atoms with van der Waals surface area (Å²) in [5, 5.41) is 11.8. The monoisotopic (exact) mass is 255 g/mol. The van der Waals surface area contributed by atoms with Crippen molar-refractivity contribution in [3.8, 4) is 0 Å². The maximum atomic E-state index is 10.7. The van der Waals surface area contributed by atoms with Gasteiger partial charge in [-0.1, -0.05) is 32.4 Å². The van der Waals surface area contributed by atoms with Crippen LogP contribution in [0.1, 0.15) is 44.8 Å². The van der Waals surface area contributed by atoms with Crippen LogP contribution in [0.4, 0.5) is 0 Å². The molecule has 1 fully saturated rings. The van der Waals surface area contributed by atoms with Crippen LogP contribution in [0.3, 0.4) is 0 Å². The molecule has 3 rings (SSSR count). The van der Waals surface area contributed by atoms with Gasteiger partial charge in [0.25, 0.3) is 0 Å². The number of rotatable bonds is 2. The van der Waals surface area contributed by atoms with Crippen molar-refractivity contribution in [2.75, 3.05) is 0 Å². The molecular weight excluding hydrogens is 234 g/mol.